The van der Waals surface area contributed by atoms with E-state index in [1.807, 2.05) is 6.07 Å². The van der Waals surface area contributed by atoms with E-state index in [-0.39, 0.29) is 5.82 Å². The number of para-hydroxylation sites is 1. The summed E-state index contributed by atoms with van der Waals surface area (Å²) in [5.41, 5.74) is 1.30. The Labute approximate surface area is 108 Å². The van der Waals surface area contributed by atoms with E-state index in [0.717, 1.165) is 19.4 Å². The van der Waals surface area contributed by atoms with E-state index in [1.165, 1.54) is 6.07 Å². The molecule has 0 bridgehead atoms. The average molecular weight is 251 g/mol. The molecule has 1 aromatic carbocycles. The Morgan fingerprint density at radius 1 is 1.33 bits per heavy atom. The Hall–Kier alpha value is -1.09. The minimum atomic E-state index is -0.635. The summed E-state index contributed by atoms with van der Waals surface area (Å²) in [4.78, 5) is 2.14. The van der Waals surface area contributed by atoms with Crippen molar-refractivity contribution in [3.05, 3.63) is 29.6 Å². The normalized spacial score (nSPS) is 21.7. The number of anilines is 1. The van der Waals surface area contributed by atoms with Gasteiger partial charge in [0.2, 0.25) is 0 Å². The fraction of sp³-hybridized carbons (Fsp3) is 0.600. The summed E-state index contributed by atoms with van der Waals surface area (Å²) in [6, 6.07) is 5.34. The van der Waals surface area contributed by atoms with Crippen LogP contribution in [0.1, 0.15) is 45.3 Å². The summed E-state index contributed by atoms with van der Waals surface area (Å²) >= 11 is 0. The fourth-order valence-corrected chi connectivity index (χ4v) is 2.94. The van der Waals surface area contributed by atoms with Gasteiger partial charge in [0.05, 0.1) is 11.8 Å². The summed E-state index contributed by atoms with van der Waals surface area (Å²) < 4.78 is 14.1. The minimum Gasteiger partial charge on any atom is -0.389 e. The molecule has 1 aromatic rings. The van der Waals surface area contributed by atoms with Gasteiger partial charge in [-0.15, -0.1) is 0 Å². The van der Waals surface area contributed by atoms with Gasteiger partial charge in [0, 0.05) is 18.2 Å². The molecular formula is C15H22FNO. The smallest absolute Gasteiger partial charge is 0.146 e. The maximum absolute atomic E-state index is 14.1. The van der Waals surface area contributed by atoms with Gasteiger partial charge in [-0.3, -0.25) is 0 Å². The molecule has 1 heterocycles. The molecule has 2 rings (SSSR count). The zero-order chi connectivity index (χ0) is 13.3. The van der Waals surface area contributed by atoms with Gasteiger partial charge in [0.25, 0.3) is 0 Å². The van der Waals surface area contributed by atoms with Crippen molar-refractivity contribution in [2.75, 3.05) is 11.4 Å². The van der Waals surface area contributed by atoms with E-state index in [9.17, 15) is 9.50 Å². The SMILES string of the molecule is CC(C)C1CCCN1c1c(F)cccc1[C@@H](C)O. The summed E-state index contributed by atoms with van der Waals surface area (Å²) in [7, 11) is 0. The van der Waals surface area contributed by atoms with Crippen molar-refractivity contribution < 1.29 is 9.50 Å². The third kappa shape index (κ3) is 2.37. The molecule has 2 atom stereocenters. The van der Waals surface area contributed by atoms with Gasteiger partial charge in [-0.1, -0.05) is 26.0 Å². The second kappa shape index (κ2) is 5.27. The fourth-order valence-electron chi connectivity index (χ4n) is 2.94. The van der Waals surface area contributed by atoms with E-state index in [0.29, 0.717) is 23.2 Å². The van der Waals surface area contributed by atoms with Crippen LogP contribution in [0.5, 0.6) is 0 Å². The van der Waals surface area contributed by atoms with Crippen LogP contribution in [0.3, 0.4) is 0 Å². The highest BCUT2D eigenvalue weighted by molar-refractivity contribution is 5.57. The molecule has 0 radical (unpaired) electrons. The molecule has 0 aromatic heterocycles. The second-order valence-corrected chi connectivity index (χ2v) is 5.50. The lowest BCUT2D eigenvalue weighted by molar-refractivity contribution is 0.199. The lowest BCUT2D eigenvalue weighted by Crippen LogP contribution is -2.34. The first kappa shape index (κ1) is 13.3. The number of aliphatic hydroxyl groups is 1. The Kier molecular flexibility index (Phi) is 3.91. The van der Waals surface area contributed by atoms with Gasteiger partial charge in [-0.05, 0) is 31.7 Å². The van der Waals surface area contributed by atoms with E-state index in [2.05, 4.69) is 18.7 Å². The zero-order valence-corrected chi connectivity index (χ0v) is 11.4. The van der Waals surface area contributed by atoms with E-state index < -0.39 is 6.10 Å². The van der Waals surface area contributed by atoms with Crippen molar-refractivity contribution in [2.24, 2.45) is 5.92 Å². The van der Waals surface area contributed by atoms with Crippen LogP contribution in [0.2, 0.25) is 0 Å². The number of rotatable bonds is 3. The Balaban J connectivity index is 2.43. The maximum atomic E-state index is 14.1. The predicted octanol–water partition coefficient (Wildman–Crippen LogP) is 3.50. The summed E-state index contributed by atoms with van der Waals surface area (Å²) in [6.07, 6.45) is 1.56. The first-order chi connectivity index (χ1) is 8.52. The van der Waals surface area contributed by atoms with Crippen molar-refractivity contribution in [1.29, 1.82) is 0 Å². The van der Waals surface area contributed by atoms with Crippen LogP contribution in [0.15, 0.2) is 18.2 Å². The number of halogens is 1. The molecule has 1 aliphatic heterocycles. The van der Waals surface area contributed by atoms with E-state index in [1.54, 1.807) is 13.0 Å². The third-order valence-electron chi connectivity index (χ3n) is 3.82. The molecule has 0 amide bonds. The minimum absolute atomic E-state index is 0.221. The molecule has 1 aliphatic rings. The molecule has 1 fully saturated rings. The van der Waals surface area contributed by atoms with Crippen LogP contribution in [-0.2, 0) is 0 Å². The van der Waals surface area contributed by atoms with Crippen LogP contribution in [0.4, 0.5) is 10.1 Å². The first-order valence-corrected chi connectivity index (χ1v) is 6.75. The number of hydrogen-bond donors (Lipinski definition) is 1. The molecule has 1 unspecified atom stereocenters. The van der Waals surface area contributed by atoms with Crippen molar-refractivity contribution in [1.82, 2.24) is 0 Å². The number of aliphatic hydroxyl groups excluding tert-OH is 1. The second-order valence-electron chi connectivity index (χ2n) is 5.50. The van der Waals surface area contributed by atoms with Crippen molar-refractivity contribution in [3.8, 4) is 0 Å². The summed E-state index contributed by atoms with van der Waals surface area (Å²) in [5.74, 6) is 0.273. The van der Waals surface area contributed by atoms with Crippen molar-refractivity contribution in [3.63, 3.8) is 0 Å². The maximum Gasteiger partial charge on any atom is 0.146 e. The van der Waals surface area contributed by atoms with Crippen molar-refractivity contribution >= 4 is 5.69 Å². The number of nitrogens with zero attached hydrogens (tertiary/aromatic N) is 1. The summed E-state index contributed by atoms with van der Waals surface area (Å²) in [5, 5.41) is 9.82. The molecule has 0 aliphatic carbocycles. The molecular weight excluding hydrogens is 229 g/mol. The van der Waals surface area contributed by atoms with Crippen LogP contribution < -0.4 is 4.90 Å². The summed E-state index contributed by atoms with van der Waals surface area (Å²) in [6.45, 7) is 6.92. The van der Waals surface area contributed by atoms with Crippen LogP contribution in [-0.4, -0.2) is 17.7 Å². The third-order valence-corrected chi connectivity index (χ3v) is 3.82. The highest BCUT2D eigenvalue weighted by Crippen LogP contribution is 2.36. The van der Waals surface area contributed by atoms with Crippen LogP contribution in [0, 0.1) is 11.7 Å². The van der Waals surface area contributed by atoms with Gasteiger partial charge in [-0.25, -0.2) is 4.39 Å². The highest BCUT2D eigenvalue weighted by Gasteiger charge is 2.31. The largest absolute Gasteiger partial charge is 0.389 e. The van der Waals surface area contributed by atoms with E-state index >= 15 is 0 Å². The lowest BCUT2D eigenvalue weighted by Gasteiger charge is -2.32. The molecule has 1 N–H and O–H groups in total. The monoisotopic (exact) mass is 251 g/mol. The van der Waals surface area contributed by atoms with E-state index in [4.69, 9.17) is 0 Å². The first-order valence-electron chi connectivity index (χ1n) is 6.75. The molecule has 1 saturated heterocycles. The van der Waals surface area contributed by atoms with Gasteiger partial charge in [-0.2, -0.15) is 0 Å². The van der Waals surface area contributed by atoms with Gasteiger partial charge >= 0.3 is 0 Å². The average Bonchev–Trinajstić information content (AvgIpc) is 2.77. The van der Waals surface area contributed by atoms with Gasteiger partial charge in [0.15, 0.2) is 0 Å². The molecule has 100 valence electrons. The molecule has 0 spiro atoms. The predicted molar refractivity (Wildman–Crippen MR) is 72.2 cm³/mol. The molecule has 18 heavy (non-hydrogen) atoms. The number of benzene rings is 1. The Morgan fingerprint density at radius 2 is 2.06 bits per heavy atom. The van der Waals surface area contributed by atoms with Gasteiger partial charge < -0.3 is 10.0 Å². The van der Waals surface area contributed by atoms with Crippen LogP contribution >= 0.6 is 0 Å². The lowest BCUT2D eigenvalue weighted by atomic mass is 9.99. The Bertz CT molecular complexity index is 417. The molecule has 0 saturated carbocycles. The topological polar surface area (TPSA) is 23.5 Å². The number of hydrogen-bond acceptors (Lipinski definition) is 2. The van der Waals surface area contributed by atoms with Crippen molar-refractivity contribution in [2.45, 2.75) is 45.8 Å². The Morgan fingerprint density at radius 3 is 2.67 bits per heavy atom. The zero-order valence-electron chi connectivity index (χ0n) is 11.4. The molecule has 3 heteroatoms. The standard InChI is InChI=1S/C15H22FNO/c1-10(2)14-8-5-9-17(14)15-12(11(3)18)6-4-7-13(15)16/h4,6-7,10-11,14,18H,5,8-9H2,1-3H3/t11-,14?/m1/s1. The molecule has 2 nitrogen and oxygen atoms in total. The highest BCUT2D eigenvalue weighted by atomic mass is 19.1. The van der Waals surface area contributed by atoms with Crippen LogP contribution in [0.25, 0.3) is 0 Å². The quantitative estimate of drug-likeness (QED) is 0.888. The van der Waals surface area contributed by atoms with Gasteiger partial charge in [0.1, 0.15) is 5.82 Å².